The van der Waals surface area contributed by atoms with Crippen LogP contribution in [0.25, 0.3) is 10.8 Å². The molecule has 0 radical (unpaired) electrons. The SMILES string of the molecule is C[C@@H](c1cccc([N+](=O)[O-])c1)N(C)C(=O)Cc1nn(C)c(=O)c2ccccc12. The van der Waals surface area contributed by atoms with Crippen molar-refractivity contribution in [3.8, 4) is 0 Å². The molecular formula is C20H20N4O4. The highest BCUT2D eigenvalue weighted by Gasteiger charge is 2.21. The number of carbonyl (C=O) groups is 1. The maximum atomic E-state index is 12.9. The lowest BCUT2D eigenvalue weighted by atomic mass is 10.0. The topological polar surface area (TPSA) is 98.3 Å². The Kier molecular flexibility index (Phi) is 5.21. The van der Waals surface area contributed by atoms with Crippen LogP contribution >= 0.6 is 0 Å². The monoisotopic (exact) mass is 380 g/mol. The van der Waals surface area contributed by atoms with Gasteiger partial charge in [-0.3, -0.25) is 19.7 Å². The number of aromatic nitrogens is 2. The number of hydrogen-bond donors (Lipinski definition) is 0. The molecule has 0 unspecified atom stereocenters. The van der Waals surface area contributed by atoms with Crippen molar-refractivity contribution < 1.29 is 9.72 Å². The van der Waals surface area contributed by atoms with Gasteiger partial charge >= 0.3 is 0 Å². The Morgan fingerprint density at radius 2 is 1.89 bits per heavy atom. The van der Waals surface area contributed by atoms with Gasteiger partial charge in [0.15, 0.2) is 0 Å². The van der Waals surface area contributed by atoms with E-state index in [1.807, 2.05) is 6.92 Å². The molecule has 1 amide bonds. The summed E-state index contributed by atoms with van der Waals surface area (Å²) in [6.07, 6.45) is 0.0183. The lowest BCUT2D eigenvalue weighted by Crippen LogP contribution is -2.32. The van der Waals surface area contributed by atoms with E-state index in [1.165, 1.54) is 21.7 Å². The predicted molar refractivity (Wildman–Crippen MR) is 105 cm³/mol. The highest BCUT2D eigenvalue weighted by atomic mass is 16.6. The highest BCUT2D eigenvalue weighted by molar-refractivity contribution is 5.88. The number of aryl methyl sites for hydroxylation is 1. The smallest absolute Gasteiger partial charge is 0.274 e. The second-order valence-electron chi connectivity index (χ2n) is 6.63. The van der Waals surface area contributed by atoms with Gasteiger partial charge < -0.3 is 4.90 Å². The van der Waals surface area contributed by atoms with Crippen LogP contribution in [0.4, 0.5) is 5.69 Å². The second kappa shape index (κ2) is 7.59. The van der Waals surface area contributed by atoms with Gasteiger partial charge in [0.2, 0.25) is 5.91 Å². The average Bonchev–Trinajstić information content (AvgIpc) is 2.70. The van der Waals surface area contributed by atoms with Crippen molar-refractivity contribution >= 4 is 22.4 Å². The molecule has 3 rings (SSSR count). The lowest BCUT2D eigenvalue weighted by Gasteiger charge is -2.25. The number of hydrogen-bond acceptors (Lipinski definition) is 5. The lowest BCUT2D eigenvalue weighted by molar-refractivity contribution is -0.384. The van der Waals surface area contributed by atoms with Crippen LogP contribution in [0.15, 0.2) is 53.3 Å². The molecule has 0 aliphatic carbocycles. The summed E-state index contributed by atoms with van der Waals surface area (Å²) in [5, 5.41) is 16.4. The molecule has 28 heavy (non-hydrogen) atoms. The fourth-order valence-electron chi connectivity index (χ4n) is 3.11. The van der Waals surface area contributed by atoms with E-state index < -0.39 is 4.92 Å². The molecule has 0 aliphatic rings. The van der Waals surface area contributed by atoms with E-state index in [0.717, 1.165) is 0 Å². The molecular weight excluding hydrogens is 360 g/mol. The average molecular weight is 380 g/mol. The van der Waals surface area contributed by atoms with Crippen molar-refractivity contribution in [2.75, 3.05) is 7.05 Å². The number of nitro groups is 1. The molecule has 0 saturated heterocycles. The van der Waals surface area contributed by atoms with Gasteiger partial charge in [0.25, 0.3) is 11.2 Å². The standard InChI is InChI=1S/C20H20N4O4/c1-13(14-7-6-8-15(11-14)24(27)28)22(2)19(25)12-18-16-9-4-5-10-17(16)20(26)23(3)21-18/h4-11,13H,12H2,1-3H3/t13-/m0/s1. The van der Waals surface area contributed by atoms with E-state index in [0.29, 0.717) is 22.0 Å². The number of nitrogens with zero attached hydrogens (tertiary/aromatic N) is 4. The third-order valence-corrected chi connectivity index (χ3v) is 4.89. The number of nitro benzene ring substituents is 1. The summed E-state index contributed by atoms with van der Waals surface area (Å²) < 4.78 is 1.23. The van der Waals surface area contributed by atoms with Gasteiger partial charge in [-0.15, -0.1) is 0 Å². The molecule has 8 nitrogen and oxygen atoms in total. The first-order chi connectivity index (χ1) is 13.3. The van der Waals surface area contributed by atoms with Crippen molar-refractivity contribution in [2.24, 2.45) is 7.05 Å². The van der Waals surface area contributed by atoms with Gasteiger partial charge in [0.05, 0.1) is 28.5 Å². The number of non-ortho nitro benzene ring substituents is 1. The number of fused-ring (bicyclic) bond motifs is 1. The van der Waals surface area contributed by atoms with Gasteiger partial charge in [-0.2, -0.15) is 5.10 Å². The molecule has 1 atom stereocenters. The quantitative estimate of drug-likeness (QED) is 0.500. The minimum Gasteiger partial charge on any atom is -0.339 e. The Bertz CT molecular complexity index is 1120. The van der Waals surface area contributed by atoms with Gasteiger partial charge in [-0.25, -0.2) is 4.68 Å². The summed E-state index contributed by atoms with van der Waals surface area (Å²) >= 11 is 0. The van der Waals surface area contributed by atoms with Gasteiger partial charge in [0, 0.05) is 31.6 Å². The van der Waals surface area contributed by atoms with Crippen LogP contribution in [0.3, 0.4) is 0 Å². The third kappa shape index (κ3) is 3.62. The summed E-state index contributed by atoms with van der Waals surface area (Å²) in [6, 6.07) is 12.9. The van der Waals surface area contributed by atoms with Crippen LogP contribution < -0.4 is 5.56 Å². The molecule has 0 fully saturated rings. The predicted octanol–water partition coefficient (Wildman–Crippen LogP) is 2.60. The Labute approximate surface area is 161 Å². The third-order valence-electron chi connectivity index (χ3n) is 4.89. The molecule has 0 aliphatic heterocycles. The Morgan fingerprint density at radius 1 is 1.21 bits per heavy atom. The van der Waals surface area contributed by atoms with E-state index in [-0.39, 0.29) is 29.6 Å². The number of benzene rings is 2. The van der Waals surface area contributed by atoms with Gasteiger partial charge in [-0.1, -0.05) is 30.3 Å². The van der Waals surface area contributed by atoms with E-state index in [4.69, 9.17) is 0 Å². The molecule has 2 aromatic carbocycles. The fourth-order valence-corrected chi connectivity index (χ4v) is 3.11. The number of rotatable bonds is 5. The fraction of sp³-hybridized carbons (Fsp3) is 0.250. The molecule has 0 N–H and O–H groups in total. The van der Waals surface area contributed by atoms with E-state index >= 15 is 0 Å². The zero-order chi connectivity index (χ0) is 20.4. The zero-order valence-corrected chi connectivity index (χ0v) is 15.8. The normalized spacial score (nSPS) is 12.0. The Morgan fingerprint density at radius 3 is 2.57 bits per heavy atom. The molecule has 0 bridgehead atoms. The number of amides is 1. The van der Waals surface area contributed by atoms with Crippen LogP contribution in [0.2, 0.25) is 0 Å². The van der Waals surface area contributed by atoms with Crippen LogP contribution in [0.1, 0.15) is 24.2 Å². The molecule has 3 aromatic rings. The Hall–Kier alpha value is -3.55. The summed E-state index contributed by atoms with van der Waals surface area (Å²) in [6.45, 7) is 1.81. The maximum Gasteiger partial charge on any atom is 0.274 e. The summed E-state index contributed by atoms with van der Waals surface area (Å²) in [7, 11) is 3.20. The van der Waals surface area contributed by atoms with Gasteiger partial charge in [0.1, 0.15) is 0 Å². The maximum absolute atomic E-state index is 12.9. The summed E-state index contributed by atoms with van der Waals surface area (Å²) in [5.74, 6) is -0.199. The first kappa shape index (κ1) is 19.2. The zero-order valence-electron chi connectivity index (χ0n) is 15.8. The first-order valence-corrected chi connectivity index (χ1v) is 8.74. The van der Waals surface area contributed by atoms with Crippen LogP contribution in [0.5, 0.6) is 0 Å². The first-order valence-electron chi connectivity index (χ1n) is 8.74. The molecule has 8 heteroatoms. The molecule has 144 valence electrons. The molecule has 1 aromatic heterocycles. The molecule has 0 saturated carbocycles. The highest BCUT2D eigenvalue weighted by Crippen LogP contribution is 2.24. The molecule has 0 spiro atoms. The summed E-state index contributed by atoms with van der Waals surface area (Å²) in [4.78, 5) is 37.1. The molecule has 1 heterocycles. The van der Waals surface area contributed by atoms with Crippen LogP contribution in [-0.4, -0.2) is 32.6 Å². The van der Waals surface area contributed by atoms with E-state index in [2.05, 4.69) is 5.10 Å². The minimum atomic E-state index is -0.460. The van der Waals surface area contributed by atoms with Crippen LogP contribution in [-0.2, 0) is 18.3 Å². The minimum absolute atomic E-state index is 0.0177. The number of carbonyl (C=O) groups excluding carboxylic acids is 1. The van der Waals surface area contributed by atoms with Crippen molar-refractivity contribution in [1.29, 1.82) is 0 Å². The van der Waals surface area contributed by atoms with Gasteiger partial charge in [-0.05, 0) is 18.6 Å². The van der Waals surface area contributed by atoms with E-state index in [9.17, 15) is 19.7 Å². The Balaban J connectivity index is 1.88. The van der Waals surface area contributed by atoms with Crippen molar-refractivity contribution in [1.82, 2.24) is 14.7 Å². The summed E-state index contributed by atoms with van der Waals surface area (Å²) in [5.41, 5.74) is 0.949. The van der Waals surface area contributed by atoms with Crippen molar-refractivity contribution in [2.45, 2.75) is 19.4 Å². The van der Waals surface area contributed by atoms with Crippen LogP contribution in [0, 0.1) is 10.1 Å². The van der Waals surface area contributed by atoms with Crippen molar-refractivity contribution in [3.05, 3.63) is 80.3 Å². The largest absolute Gasteiger partial charge is 0.339 e. The second-order valence-corrected chi connectivity index (χ2v) is 6.63. The van der Waals surface area contributed by atoms with E-state index in [1.54, 1.807) is 50.5 Å². The van der Waals surface area contributed by atoms with Crippen molar-refractivity contribution in [3.63, 3.8) is 0 Å². The number of likely N-dealkylation sites (N-methyl/N-ethyl adjacent to an activating group) is 1.